The van der Waals surface area contributed by atoms with Crippen molar-refractivity contribution >= 4 is 0 Å². The highest BCUT2D eigenvalue weighted by Crippen LogP contribution is 2.36. The van der Waals surface area contributed by atoms with Gasteiger partial charge in [0, 0.05) is 24.9 Å². The van der Waals surface area contributed by atoms with Gasteiger partial charge in [-0.15, -0.1) is 0 Å². The lowest BCUT2D eigenvalue weighted by molar-refractivity contribution is 0.363. The first-order valence-electron chi connectivity index (χ1n) is 6.16. The third kappa shape index (κ3) is 2.07. The van der Waals surface area contributed by atoms with Crippen molar-refractivity contribution in [2.45, 2.75) is 38.1 Å². The standard InChI is InChI=1S/C12H19N3/c1-2-11(1)15-8-7-14-12(15)9-10-3-5-13-6-4-10/h7-8,10-11,13H,1-6,9H2. The van der Waals surface area contributed by atoms with Crippen LogP contribution in [0.2, 0.25) is 0 Å². The van der Waals surface area contributed by atoms with E-state index < -0.39 is 0 Å². The van der Waals surface area contributed by atoms with Crippen molar-refractivity contribution in [1.29, 1.82) is 0 Å². The van der Waals surface area contributed by atoms with Crippen molar-refractivity contribution in [1.82, 2.24) is 14.9 Å². The molecule has 1 saturated carbocycles. The topological polar surface area (TPSA) is 29.9 Å². The average molecular weight is 205 g/mol. The molecule has 2 aliphatic rings. The van der Waals surface area contributed by atoms with Gasteiger partial charge in [0.1, 0.15) is 5.82 Å². The summed E-state index contributed by atoms with van der Waals surface area (Å²) in [7, 11) is 0. The van der Waals surface area contributed by atoms with E-state index in [9.17, 15) is 0 Å². The number of aromatic nitrogens is 2. The Morgan fingerprint density at radius 2 is 2.07 bits per heavy atom. The molecule has 3 rings (SSSR count). The zero-order valence-electron chi connectivity index (χ0n) is 9.15. The van der Waals surface area contributed by atoms with Gasteiger partial charge in [0.05, 0.1) is 0 Å². The minimum Gasteiger partial charge on any atom is -0.332 e. The first-order chi connectivity index (χ1) is 7.43. The lowest BCUT2D eigenvalue weighted by atomic mass is 9.94. The zero-order chi connectivity index (χ0) is 10.1. The van der Waals surface area contributed by atoms with Crippen molar-refractivity contribution in [3.8, 4) is 0 Å². The number of nitrogens with zero attached hydrogens (tertiary/aromatic N) is 2. The summed E-state index contributed by atoms with van der Waals surface area (Å²) in [5, 5.41) is 3.42. The molecule has 82 valence electrons. The van der Waals surface area contributed by atoms with Crippen molar-refractivity contribution in [3.05, 3.63) is 18.2 Å². The van der Waals surface area contributed by atoms with Crippen LogP contribution < -0.4 is 5.32 Å². The smallest absolute Gasteiger partial charge is 0.109 e. The summed E-state index contributed by atoms with van der Waals surface area (Å²) in [6.07, 6.45) is 10.7. The van der Waals surface area contributed by atoms with Crippen molar-refractivity contribution in [2.75, 3.05) is 13.1 Å². The molecule has 0 amide bonds. The van der Waals surface area contributed by atoms with Crippen LogP contribution in [0.15, 0.2) is 12.4 Å². The summed E-state index contributed by atoms with van der Waals surface area (Å²) < 4.78 is 2.40. The van der Waals surface area contributed by atoms with Gasteiger partial charge in [-0.1, -0.05) is 0 Å². The van der Waals surface area contributed by atoms with Gasteiger partial charge < -0.3 is 9.88 Å². The fraction of sp³-hybridized carbons (Fsp3) is 0.750. The number of nitrogens with one attached hydrogen (secondary N) is 1. The van der Waals surface area contributed by atoms with E-state index in [0.717, 1.165) is 12.0 Å². The first kappa shape index (κ1) is 9.40. The van der Waals surface area contributed by atoms with Gasteiger partial charge in [-0.25, -0.2) is 4.98 Å². The minimum absolute atomic E-state index is 0.782. The van der Waals surface area contributed by atoms with Gasteiger partial charge in [-0.2, -0.15) is 0 Å². The van der Waals surface area contributed by atoms with E-state index in [0.29, 0.717) is 0 Å². The SMILES string of the molecule is c1cn(C2CC2)c(CC2CCNCC2)n1. The molecule has 0 bridgehead atoms. The van der Waals surface area contributed by atoms with E-state index in [1.165, 1.54) is 51.0 Å². The molecule has 1 aromatic rings. The van der Waals surface area contributed by atoms with Crippen LogP contribution in [0.1, 0.15) is 37.5 Å². The van der Waals surface area contributed by atoms with Crippen LogP contribution in [0.5, 0.6) is 0 Å². The third-order valence-electron chi connectivity index (χ3n) is 3.62. The Hall–Kier alpha value is -0.830. The van der Waals surface area contributed by atoms with Crippen molar-refractivity contribution < 1.29 is 0 Å². The maximum Gasteiger partial charge on any atom is 0.109 e. The minimum atomic E-state index is 0.782. The van der Waals surface area contributed by atoms with Crippen LogP contribution in [0.4, 0.5) is 0 Å². The van der Waals surface area contributed by atoms with E-state index >= 15 is 0 Å². The van der Waals surface area contributed by atoms with Gasteiger partial charge in [-0.05, 0) is 44.7 Å². The highest BCUT2D eigenvalue weighted by molar-refractivity contribution is 5.00. The molecule has 1 aliphatic heterocycles. The Labute approximate surface area is 90.9 Å². The molecule has 0 aromatic carbocycles. The second-order valence-corrected chi connectivity index (χ2v) is 4.88. The average Bonchev–Trinajstić information content (AvgIpc) is 3.02. The molecule has 0 unspecified atom stereocenters. The molecule has 15 heavy (non-hydrogen) atoms. The lowest BCUT2D eigenvalue weighted by Crippen LogP contribution is -2.29. The molecular formula is C12H19N3. The molecule has 0 atom stereocenters. The van der Waals surface area contributed by atoms with E-state index in [1.807, 2.05) is 6.20 Å². The molecule has 0 radical (unpaired) electrons. The number of rotatable bonds is 3. The molecular weight excluding hydrogens is 186 g/mol. The number of imidazole rings is 1. The highest BCUT2D eigenvalue weighted by atomic mass is 15.1. The largest absolute Gasteiger partial charge is 0.332 e. The van der Waals surface area contributed by atoms with E-state index in [1.54, 1.807) is 0 Å². The second kappa shape index (κ2) is 3.97. The number of hydrogen-bond acceptors (Lipinski definition) is 2. The summed E-state index contributed by atoms with van der Waals surface area (Å²) >= 11 is 0. The number of hydrogen-bond donors (Lipinski definition) is 1. The fourth-order valence-corrected chi connectivity index (χ4v) is 2.53. The predicted octanol–water partition coefficient (Wildman–Crippen LogP) is 1.76. The predicted molar refractivity (Wildman–Crippen MR) is 59.8 cm³/mol. The molecule has 2 heterocycles. The zero-order valence-corrected chi connectivity index (χ0v) is 9.15. The molecule has 1 saturated heterocycles. The molecule has 1 aromatic heterocycles. The van der Waals surface area contributed by atoms with Crippen LogP contribution in [-0.2, 0) is 6.42 Å². The second-order valence-electron chi connectivity index (χ2n) is 4.88. The van der Waals surface area contributed by atoms with Gasteiger partial charge in [0.15, 0.2) is 0 Å². The summed E-state index contributed by atoms with van der Waals surface area (Å²) in [6, 6.07) is 0.782. The molecule has 0 spiro atoms. The molecule has 3 heteroatoms. The summed E-state index contributed by atoms with van der Waals surface area (Å²) in [6.45, 7) is 2.38. The summed E-state index contributed by atoms with van der Waals surface area (Å²) in [5.74, 6) is 2.18. The molecule has 1 N–H and O–H groups in total. The van der Waals surface area contributed by atoms with E-state index in [2.05, 4.69) is 21.1 Å². The highest BCUT2D eigenvalue weighted by Gasteiger charge is 2.26. The Bertz CT molecular complexity index is 321. The Kier molecular flexibility index (Phi) is 2.49. The molecule has 3 nitrogen and oxygen atoms in total. The van der Waals surface area contributed by atoms with E-state index in [-0.39, 0.29) is 0 Å². The molecule has 2 fully saturated rings. The quantitative estimate of drug-likeness (QED) is 0.815. The van der Waals surface area contributed by atoms with Gasteiger partial charge >= 0.3 is 0 Å². The van der Waals surface area contributed by atoms with Crippen molar-refractivity contribution in [3.63, 3.8) is 0 Å². The van der Waals surface area contributed by atoms with Crippen LogP contribution in [0.3, 0.4) is 0 Å². The Morgan fingerprint density at radius 1 is 1.27 bits per heavy atom. The Balaban J connectivity index is 1.67. The van der Waals surface area contributed by atoms with Gasteiger partial charge in [0.2, 0.25) is 0 Å². The number of piperidine rings is 1. The monoisotopic (exact) mass is 205 g/mol. The van der Waals surface area contributed by atoms with Crippen LogP contribution in [0.25, 0.3) is 0 Å². The maximum absolute atomic E-state index is 4.51. The maximum atomic E-state index is 4.51. The summed E-state index contributed by atoms with van der Waals surface area (Å²) in [4.78, 5) is 4.51. The fourth-order valence-electron chi connectivity index (χ4n) is 2.53. The van der Waals surface area contributed by atoms with Crippen LogP contribution >= 0.6 is 0 Å². The first-order valence-corrected chi connectivity index (χ1v) is 6.16. The third-order valence-corrected chi connectivity index (χ3v) is 3.62. The van der Waals surface area contributed by atoms with Crippen LogP contribution in [-0.4, -0.2) is 22.6 Å². The van der Waals surface area contributed by atoms with Crippen molar-refractivity contribution in [2.24, 2.45) is 5.92 Å². The van der Waals surface area contributed by atoms with Gasteiger partial charge in [-0.3, -0.25) is 0 Å². The van der Waals surface area contributed by atoms with E-state index in [4.69, 9.17) is 0 Å². The molecule has 1 aliphatic carbocycles. The Morgan fingerprint density at radius 3 is 2.80 bits per heavy atom. The van der Waals surface area contributed by atoms with Crippen LogP contribution in [0, 0.1) is 5.92 Å². The normalized spacial score (nSPS) is 23.2. The lowest BCUT2D eigenvalue weighted by Gasteiger charge is -2.22. The van der Waals surface area contributed by atoms with Gasteiger partial charge in [0.25, 0.3) is 0 Å². The summed E-state index contributed by atoms with van der Waals surface area (Å²) in [5.41, 5.74) is 0.